The largest absolute Gasteiger partial charge is 0.304 e. The average molecular weight is 422 g/mol. The number of anilines is 1. The molecule has 2 aromatic heterocycles. The molecule has 0 unspecified atom stereocenters. The minimum Gasteiger partial charge on any atom is -0.304 e. The van der Waals surface area contributed by atoms with E-state index in [9.17, 15) is 13.2 Å². The number of aromatic nitrogens is 2. The number of rotatable bonds is 5. The number of halogens is 1. The van der Waals surface area contributed by atoms with E-state index in [0.29, 0.717) is 27.2 Å². The predicted octanol–water partition coefficient (Wildman–Crippen LogP) is 4.40. The zero-order valence-electron chi connectivity index (χ0n) is 14.3. The summed E-state index contributed by atoms with van der Waals surface area (Å²) in [5.74, 6) is 0.573. The maximum Gasteiger partial charge on any atom is 0.267 e. The van der Waals surface area contributed by atoms with Crippen LogP contribution in [-0.2, 0) is 9.84 Å². The average Bonchev–Trinajstić information content (AvgIpc) is 3.25. The van der Waals surface area contributed by atoms with Gasteiger partial charge >= 0.3 is 0 Å². The molecule has 140 valence electrons. The number of carbonyl (C=O) groups is 1. The van der Waals surface area contributed by atoms with Gasteiger partial charge in [0, 0.05) is 28.1 Å². The molecule has 1 amide bonds. The molecule has 0 saturated heterocycles. The number of carbonyl (C=O) groups excluding carboxylic acids is 1. The van der Waals surface area contributed by atoms with Gasteiger partial charge in [-0.2, -0.15) is 5.10 Å². The van der Waals surface area contributed by atoms with Gasteiger partial charge in [0.05, 0.1) is 14.7 Å². The number of amides is 1. The molecule has 27 heavy (non-hydrogen) atoms. The zero-order valence-corrected chi connectivity index (χ0v) is 16.7. The Morgan fingerprint density at radius 3 is 2.67 bits per heavy atom. The smallest absolute Gasteiger partial charge is 0.267 e. The van der Waals surface area contributed by atoms with E-state index in [-0.39, 0.29) is 15.7 Å². The van der Waals surface area contributed by atoms with E-state index in [2.05, 4.69) is 15.5 Å². The fourth-order valence-electron chi connectivity index (χ4n) is 2.81. The molecule has 0 aliphatic heterocycles. The molecule has 1 aromatic carbocycles. The van der Waals surface area contributed by atoms with E-state index >= 15 is 0 Å². The summed E-state index contributed by atoms with van der Waals surface area (Å²) in [6, 6.07) is 7.79. The second-order valence-corrected chi connectivity index (χ2v) is 9.68. The first-order valence-electron chi connectivity index (χ1n) is 8.31. The quantitative estimate of drug-likeness (QED) is 0.638. The Hall–Kier alpha value is -2.16. The van der Waals surface area contributed by atoms with Crippen molar-refractivity contribution in [3.63, 3.8) is 0 Å². The minimum absolute atomic E-state index is 0.126. The minimum atomic E-state index is -3.72. The van der Waals surface area contributed by atoms with Crippen LogP contribution in [0.2, 0.25) is 5.02 Å². The molecule has 1 fully saturated rings. The third-order valence-corrected chi connectivity index (χ3v) is 7.85. The summed E-state index contributed by atoms with van der Waals surface area (Å²) in [4.78, 5) is 13.2. The van der Waals surface area contributed by atoms with Crippen molar-refractivity contribution in [1.82, 2.24) is 10.2 Å². The molecule has 6 nitrogen and oxygen atoms in total. The molecular formula is C18H16ClN3O3S2. The van der Waals surface area contributed by atoms with Crippen LogP contribution in [0, 0.1) is 6.92 Å². The number of nitrogens with zero attached hydrogens (tertiary/aromatic N) is 1. The van der Waals surface area contributed by atoms with E-state index in [4.69, 9.17) is 11.6 Å². The molecule has 9 heteroatoms. The second-order valence-electron chi connectivity index (χ2n) is 6.45. The number of hydrogen-bond donors (Lipinski definition) is 2. The van der Waals surface area contributed by atoms with E-state index < -0.39 is 9.84 Å². The Balaban J connectivity index is 1.59. The number of sulfone groups is 1. The fourth-order valence-corrected chi connectivity index (χ4v) is 5.75. The molecule has 2 heterocycles. The third-order valence-electron chi connectivity index (χ3n) is 4.47. The summed E-state index contributed by atoms with van der Waals surface area (Å²) in [5.41, 5.74) is 1.43. The van der Waals surface area contributed by atoms with Crippen LogP contribution in [0.5, 0.6) is 0 Å². The summed E-state index contributed by atoms with van der Waals surface area (Å²) in [5, 5.41) is 11.7. The second kappa shape index (κ2) is 6.78. The van der Waals surface area contributed by atoms with Crippen LogP contribution in [-0.4, -0.2) is 24.5 Å². The van der Waals surface area contributed by atoms with Crippen molar-refractivity contribution in [2.24, 2.45) is 0 Å². The standard InChI is InChI=1S/C18H16ClN3O3S2/c1-10-15(27(24,25)13-6-4-12(19)5-7-13)9-26-17(10)18(23)20-16-8-14(21-22-16)11-2-3-11/h4-9,11H,2-3H2,1H3,(H2,20,21,22,23). The van der Waals surface area contributed by atoms with E-state index in [0.717, 1.165) is 29.9 Å². The Morgan fingerprint density at radius 2 is 2.00 bits per heavy atom. The predicted molar refractivity (Wildman–Crippen MR) is 104 cm³/mol. The lowest BCUT2D eigenvalue weighted by molar-refractivity contribution is 0.102. The molecule has 1 aliphatic rings. The molecule has 3 aromatic rings. The van der Waals surface area contributed by atoms with Gasteiger partial charge in [0.2, 0.25) is 9.84 Å². The molecule has 0 spiro atoms. The van der Waals surface area contributed by atoms with Crippen molar-refractivity contribution in [1.29, 1.82) is 0 Å². The zero-order chi connectivity index (χ0) is 19.2. The Morgan fingerprint density at radius 1 is 1.30 bits per heavy atom. The Bertz CT molecular complexity index is 1110. The van der Waals surface area contributed by atoms with Crippen LogP contribution in [0.3, 0.4) is 0 Å². The van der Waals surface area contributed by atoms with E-state index in [1.54, 1.807) is 6.92 Å². The van der Waals surface area contributed by atoms with Gasteiger partial charge < -0.3 is 5.32 Å². The van der Waals surface area contributed by atoms with Crippen molar-refractivity contribution in [3.8, 4) is 0 Å². The lowest BCUT2D eigenvalue weighted by Crippen LogP contribution is -2.12. The highest BCUT2D eigenvalue weighted by Gasteiger charge is 2.27. The van der Waals surface area contributed by atoms with Gasteiger partial charge in [-0.05, 0) is 49.6 Å². The monoisotopic (exact) mass is 421 g/mol. The van der Waals surface area contributed by atoms with Gasteiger partial charge in [-0.3, -0.25) is 9.89 Å². The van der Waals surface area contributed by atoms with Crippen molar-refractivity contribution < 1.29 is 13.2 Å². The molecular weight excluding hydrogens is 406 g/mol. The van der Waals surface area contributed by atoms with Crippen LogP contribution >= 0.6 is 22.9 Å². The normalized spacial score (nSPS) is 14.3. The first kappa shape index (κ1) is 18.2. The molecule has 0 atom stereocenters. The summed E-state index contributed by atoms with van der Waals surface area (Å²) >= 11 is 6.93. The molecule has 0 radical (unpaired) electrons. The highest BCUT2D eigenvalue weighted by Crippen LogP contribution is 2.39. The van der Waals surface area contributed by atoms with Crippen LogP contribution in [0.25, 0.3) is 0 Å². The number of hydrogen-bond acceptors (Lipinski definition) is 5. The molecule has 0 bridgehead atoms. The SMILES string of the molecule is Cc1c(S(=O)(=O)c2ccc(Cl)cc2)csc1C(=O)Nc1cc(C2CC2)[nH]n1. The summed E-state index contributed by atoms with van der Waals surface area (Å²) < 4.78 is 25.7. The van der Waals surface area contributed by atoms with Gasteiger partial charge in [-0.25, -0.2) is 8.42 Å². The highest BCUT2D eigenvalue weighted by molar-refractivity contribution is 7.91. The maximum absolute atomic E-state index is 12.9. The first-order chi connectivity index (χ1) is 12.9. The summed E-state index contributed by atoms with van der Waals surface area (Å²) in [6.45, 7) is 1.63. The van der Waals surface area contributed by atoms with E-state index in [1.807, 2.05) is 6.07 Å². The number of nitrogens with one attached hydrogen (secondary N) is 2. The summed E-state index contributed by atoms with van der Waals surface area (Å²) in [7, 11) is -3.72. The lowest BCUT2D eigenvalue weighted by Gasteiger charge is -2.05. The van der Waals surface area contributed by atoms with Crippen LogP contribution in [0.4, 0.5) is 5.82 Å². The molecule has 1 aliphatic carbocycles. The van der Waals surface area contributed by atoms with Crippen LogP contribution < -0.4 is 5.32 Å². The molecule has 1 saturated carbocycles. The van der Waals surface area contributed by atoms with Crippen molar-refractivity contribution in [2.75, 3.05) is 5.32 Å². The third kappa shape index (κ3) is 3.52. The number of H-pyrrole nitrogens is 1. The lowest BCUT2D eigenvalue weighted by atomic mass is 10.2. The Kier molecular flexibility index (Phi) is 4.57. The van der Waals surface area contributed by atoms with E-state index in [1.165, 1.54) is 29.6 Å². The van der Waals surface area contributed by atoms with Gasteiger partial charge in [0.15, 0.2) is 5.82 Å². The van der Waals surface area contributed by atoms with Gasteiger partial charge in [0.1, 0.15) is 0 Å². The van der Waals surface area contributed by atoms with Gasteiger partial charge in [0.25, 0.3) is 5.91 Å². The van der Waals surface area contributed by atoms with Crippen molar-refractivity contribution >= 4 is 44.5 Å². The molecule has 4 rings (SSSR count). The highest BCUT2D eigenvalue weighted by atomic mass is 35.5. The topological polar surface area (TPSA) is 91.9 Å². The van der Waals surface area contributed by atoms with Crippen LogP contribution in [0.1, 0.15) is 39.7 Å². The summed E-state index contributed by atoms with van der Waals surface area (Å²) in [6.07, 6.45) is 2.26. The number of benzene rings is 1. The van der Waals surface area contributed by atoms with Crippen molar-refractivity contribution in [3.05, 3.63) is 56.9 Å². The fraction of sp³-hybridized carbons (Fsp3) is 0.222. The van der Waals surface area contributed by atoms with Gasteiger partial charge in [-0.1, -0.05) is 11.6 Å². The van der Waals surface area contributed by atoms with Crippen molar-refractivity contribution in [2.45, 2.75) is 35.5 Å². The number of thiophene rings is 1. The Labute approximate surface area is 165 Å². The van der Waals surface area contributed by atoms with Gasteiger partial charge in [-0.15, -0.1) is 11.3 Å². The first-order valence-corrected chi connectivity index (χ1v) is 11.1. The maximum atomic E-state index is 12.9. The molecule has 2 N–H and O–H groups in total. The van der Waals surface area contributed by atoms with Crippen LogP contribution in [0.15, 0.2) is 45.5 Å². The number of aromatic amines is 1.